The summed E-state index contributed by atoms with van der Waals surface area (Å²) < 4.78 is 5.40. The molecule has 0 fully saturated rings. The molecule has 1 unspecified atom stereocenters. The molecule has 0 amide bonds. The van der Waals surface area contributed by atoms with E-state index in [1.807, 2.05) is 6.92 Å². The van der Waals surface area contributed by atoms with E-state index in [9.17, 15) is 0 Å². The molecule has 0 aliphatic heterocycles. The van der Waals surface area contributed by atoms with Crippen LogP contribution in [0.25, 0.3) is 0 Å². The van der Waals surface area contributed by atoms with Gasteiger partial charge in [0.1, 0.15) is 11.1 Å². The van der Waals surface area contributed by atoms with Crippen LogP contribution in [0.1, 0.15) is 27.7 Å². The molecule has 0 aromatic heterocycles. The van der Waals surface area contributed by atoms with Crippen molar-refractivity contribution < 1.29 is 4.74 Å². The van der Waals surface area contributed by atoms with Crippen molar-refractivity contribution in [2.75, 3.05) is 6.61 Å². The van der Waals surface area contributed by atoms with Crippen LogP contribution >= 0.6 is 12.2 Å². The van der Waals surface area contributed by atoms with E-state index in [4.69, 9.17) is 22.7 Å². The van der Waals surface area contributed by atoms with Gasteiger partial charge in [0.2, 0.25) is 0 Å². The second-order valence-electron chi connectivity index (χ2n) is 3.60. The van der Waals surface area contributed by atoms with Gasteiger partial charge in [0.25, 0.3) is 0 Å². The SMILES string of the molecule is CCOC(C(N)=S)C(C)(C)C. The maximum absolute atomic E-state index is 5.52. The van der Waals surface area contributed by atoms with Crippen molar-refractivity contribution in [1.82, 2.24) is 0 Å². The van der Waals surface area contributed by atoms with Crippen molar-refractivity contribution in [3.05, 3.63) is 0 Å². The van der Waals surface area contributed by atoms with Gasteiger partial charge in [-0.15, -0.1) is 0 Å². The number of ether oxygens (including phenoxy) is 1. The second kappa shape index (κ2) is 4.02. The summed E-state index contributed by atoms with van der Waals surface area (Å²) >= 11 is 4.88. The van der Waals surface area contributed by atoms with Crippen molar-refractivity contribution >= 4 is 17.2 Å². The van der Waals surface area contributed by atoms with Gasteiger partial charge in [0.05, 0.1) is 0 Å². The molecule has 0 heterocycles. The number of nitrogens with two attached hydrogens (primary N) is 1. The lowest BCUT2D eigenvalue weighted by Gasteiger charge is -2.29. The van der Waals surface area contributed by atoms with Crippen molar-refractivity contribution in [3.63, 3.8) is 0 Å². The third kappa shape index (κ3) is 3.68. The average molecular weight is 175 g/mol. The first-order valence-corrected chi connectivity index (χ1v) is 4.21. The van der Waals surface area contributed by atoms with Crippen LogP contribution in [0, 0.1) is 5.41 Å². The molecule has 3 heteroatoms. The number of hydrogen-bond acceptors (Lipinski definition) is 2. The predicted molar refractivity (Wildman–Crippen MR) is 51.7 cm³/mol. The normalized spacial score (nSPS) is 14.5. The highest BCUT2D eigenvalue weighted by molar-refractivity contribution is 7.80. The molecule has 1 atom stereocenters. The van der Waals surface area contributed by atoms with Crippen LogP contribution in [0.3, 0.4) is 0 Å². The molecule has 0 saturated heterocycles. The summed E-state index contributed by atoms with van der Waals surface area (Å²) in [4.78, 5) is 0.444. The topological polar surface area (TPSA) is 35.2 Å². The van der Waals surface area contributed by atoms with Gasteiger partial charge in [-0.1, -0.05) is 33.0 Å². The van der Waals surface area contributed by atoms with E-state index >= 15 is 0 Å². The number of hydrogen-bond donors (Lipinski definition) is 1. The van der Waals surface area contributed by atoms with Gasteiger partial charge < -0.3 is 10.5 Å². The minimum Gasteiger partial charge on any atom is -0.391 e. The molecule has 0 aromatic rings. The molecule has 0 saturated carbocycles. The largest absolute Gasteiger partial charge is 0.391 e. The fourth-order valence-corrected chi connectivity index (χ4v) is 1.35. The van der Waals surface area contributed by atoms with Gasteiger partial charge in [0, 0.05) is 6.61 Å². The Balaban J connectivity index is 4.22. The van der Waals surface area contributed by atoms with Crippen molar-refractivity contribution in [1.29, 1.82) is 0 Å². The zero-order chi connectivity index (χ0) is 9.07. The first-order valence-electron chi connectivity index (χ1n) is 3.80. The molecule has 11 heavy (non-hydrogen) atoms. The molecule has 2 nitrogen and oxygen atoms in total. The quantitative estimate of drug-likeness (QED) is 0.663. The Kier molecular flexibility index (Phi) is 3.97. The maximum Gasteiger partial charge on any atom is 0.112 e. The maximum atomic E-state index is 5.52. The van der Waals surface area contributed by atoms with E-state index < -0.39 is 0 Å². The van der Waals surface area contributed by atoms with E-state index in [0.717, 1.165) is 0 Å². The Morgan fingerprint density at radius 1 is 1.55 bits per heavy atom. The summed E-state index contributed by atoms with van der Waals surface area (Å²) in [6, 6.07) is 0. The Labute approximate surface area is 74.1 Å². The molecule has 0 rings (SSSR count). The third-order valence-corrected chi connectivity index (χ3v) is 1.59. The summed E-state index contributed by atoms with van der Waals surface area (Å²) in [6.45, 7) is 8.78. The first kappa shape index (κ1) is 10.8. The lowest BCUT2D eigenvalue weighted by atomic mass is 9.89. The number of rotatable bonds is 3. The Hall–Kier alpha value is -0.150. The van der Waals surface area contributed by atoms with Crippen LogP contribution in [-0.4, -0.2) is 17.7 Å². The standard InChI is InChI=1S/C8H17NOS/c1-5-10-6(7(9)11)8(2,3)4/h6H,5H2,1-4H3,(H2,9,11). The van der Waals surface area contributed by atoms with Crippen LogP contribution < -0.4 is 5.73 Å². The van der Waals surface area contributed by atoms with E-state index in [1.54, 1.807) is 0 Å². The van der Waals surface area contributed by atoms with Crippen LogP contribution in [-0.2, 0) is 4.74 Å². The first-order chi connectivity index (χ1) is 4.89. The summed E-state index contributed by atoms with van der Waals surface area (Å²) in [7, 11) is 0. The highest BCUT2D eigenvalue weighted by atomic mass is 32.1. The lowest BCUT2D eigenvalue weighted by Crippen LogP contribution is -2.40. The molecule has 0 radical (unpaired) electrons. The van der Waals surface area contributed by atoms with Gasteiger partial charge in [-0.25, -0.2) is 0 Å². The van der Waals surface area contributed by atoms with Crippen LogP contribution in [0.2, 0.25) is 0 Å². The van der Waals surface area contributed by atoms with Crippen LogP contribution in [0.4, 0.5) is 0 Å². The van der Waals surface area contributed by atoms with Gasteiger partial charge >= 0.3 is 0 Å². The van der Waals surface area contributed by atoms with Crippen LogP contribution in [0.5, 0.6) is 0 Å². The summed E-state index contributed by atoms with van der Waals surface area (Å²) in [5.41, 5.74) is 5.52. The highest BCUT2D eigenvalue weighted by Gasteiger charge is 2.27. The molecule has 0 aromatic carbocycles. The Morgan fingerprint density at radius 2 is 2.00 bits per heavy atom. The second-order valence-corrected chi connectivity index (χ2v) is 4.08. The third-order valence-electron chi connectivity index (χ3n) is 1.38. The van der Waals surface area contributed by atoms with Gasteiger partial charge in [-0.2, -0.15) is 0 Å². The number of thiocarbonyl (C=S) groups is 1. The summed E-state index contributed by atoms with van der Waals surface area (Å²) in [6.07, 6.45) is -0.109. The van der Waals surface area contributed by atoms with Gasteiger partial charge in [0.15, 0.2) is 0 Å². The Morgan fingerprint density at radius 3 is 2.09 bits per heavy atom. The minimum atomic E-state index is -0.109. The molecule has 2 N–H and O–H groups in total. The lowest BCUT2D eigenvalue weighted by molar-refractivity contribution is 0.0371. The van der Waals surface area contributed by atoms with Gasteiger partial charge in [-0.3, -0.25) is 0 Å². The monoisotopic (exact) mass is 175 g/mol. The summed E-state index contributed by atoms with van der Waals surface area (Å²) in [5, 5.41) is 0. The minimum absolute atomic E-state index is 0.00183. The molecule has 0 aliphatic carbocycles. The van der Waals surface area contributed by atoms with E-state index in [1.165, 1.54) is 0 Å². The molecular formula is C8H17NOS. The van der Waals surface area contributed by atoms with E-state index in [-0.39, 0.29) is 11.5 Å². The zero-order valence-corrected chi connectivity index (χ0v) is 8.49. The molecule has 66 valence electrons. The van der Waals surface area contributed by atoms with Crippen LogP contribution in [0.15, 0.2) is 0 Å². The molecule has 0 aliphatic rings. The average Bonchev–Trinajstić information content (AvgIpc) is 1.79. The van der Waals surface area contributed by atoms with Gasteiger partial charge in [-0.05, 0) is 12.3 Å². The smallest absolute Gasteiger partial charge is 0.112 e. The Bertz CT molecular complexity index is 140. The predicted octanol–water partition coefficient (Wildman–Crippen LogP) is 1.72. The fraction of sp³-hybridized carbons (Fsp3) is 0.875. The summed E-state index contributed by atoms with van der Waals surface area (Å²) in [5.74, 6) is 0. The van der Waals surface area contributed by atoms with Crippen molar-refractivity contribution in [2.45, 2.75) is 33.8 Å². The van der Waals surface area contributed by atoms with Crippen molar-refractivity contribution in [2.24, 2.45) is 11.1 Å². The molecule has 0 spiro atoms. The fourth-order valence-electron chi connectivity index (χ4n) is 0.926. The highest BCUT2D eigenvalue weighted by Crippen LogP contribution is 2.22. The van der Waals surface area contributed by atoms with E-state index in [2.05, 4.69) is 20.8 Å². The molecule has 0 bridgehead atoms. The van der Waals surface area contributed by atoms with E-state index in [0.29, 0.717) is 11.6 Å². The zero-order valence-electron chi connectivity index (χ0n) is 7.68. The van der Waals surface area contributed by atoms with Crippen molar-refractivity contribution in [3.8, 4) is 0 Å². The molecular weight excluding hydrogens is 158 g/mol.